The Labute approximate surface area is 134 Å². The summed E-state index contributed by atoms with van der Waals surface area (Å²) >= 11 is 0. The number of hydrogen-bond donors (Lipinski definition) is 2. The van der Waals surface area contributed by atoms with Crippen LogP contribution in [0.3, 0.4) is 0 Å². The number of carboxylic acids is 1. The van der Waals surface area contributed by atoms with Crippen LogP contribution in [0.15, 0.2) is 12.1 Å². The number of rotatable bonds is 3. The third-order valence-corrected chi connectivity index (χ3v) is 4.28. The lowest BCUT2D eigenvalue weighted by Gasteiger charge is -2.43. The zero-order chi connectivity index (χ0) is 16.9. The Morgan fingerprint density at radius 1 is 1.35 bits per heavy atom. The lowest BCUT2D eigenvalue weighted by molar-refractivity contribution is -0.144. The summed E-state index contributed by atoms with van der Waals surface area (Å²) in [6, 6.07) is 2.91. The van der Waals surface area contributed by atoms with E-state index in [1.165, 1.54) is 18.7 Å². The van der Waals surface area contributed by atoms with Crippen LogP contribution in [0, 0.1) is 5.92 Å². The van der Waals surface area contributed by atoms with Crippen molar-refractivity contribution in [1.29, 1.82) is 0 Å². The van der Waals surface area contributed by atoms with E-state index in [0.29, 0.717) is 22.9 Å². The van der Waals surface area contributed by atoms with Gasteiger partial charge in [0.1, 0.15) is 11.6 Å². The van der Waals surface area contributed by atoms with Crippen molar-refractivity contribution in [2.45, 2.75) is 39.3 Å². The Balaban J connectivity index is 2.18. The number of carboxylic acid groups (broad SMARTS) is 1. The van der Waals surface area contributed by atoms with Crippen molar-refractivity contribution in [2.24, 2.45) is 5.92 Å². The number of carbonyl (C=O) groups excluding carboxylic acids is 1. The fraction of sp³-hybridized carbons (Fsp3) is 0.500. The van der Waals surface area contributed by atoms with Crippen LogP contribution in [0.25, 0.3) is 0 Å². The first-order chi connectivity index (χ1) is 10.7. The highest BCUT2D eigenvalue weighted by Gasteiger charge is 2.46. The minimum absolute atomic E-state index is 0.00756. The number of benzene rings is 1. The smallest absolute Gasteiger partial charge is 0.329 e. The number of anilines is 2. The maximum absolute atomic E-state index is 12.9. The SMILES string of the molecule is CC(C)C1Nc2cc3c(cc2N(C(C)(C)C(=O)O)C1=O)OCO3. The van der Waals surface area contributed by atoms with E-state index in [9.17, 15) is 14.7 Å². The fourth-order valence-electron chi connectivity index (χ4n) is 2.84. The van der Waals surface area contributed by atoms with Crippen molar-refractivity contribution in [3.8, 4) is 11.5 Å². The molecule has 1 aromatic carbocycles. The number of amides is 1. The Morgan fingerprint density at radius 2 is 1.96 bits per heavy atom. The Kier molecular flexibility index (Phi) is 3.39. The molecule has 2 aliphatic heterocycles. The predicted octanol–water partition coefficient (Wildman–Crippen LogP) is 2.06. The molecule has 0 spiro atoms. The summed E-state index contributed by atoms with van der Waals surface area (Å²) in [5.74, 6) is -0.237. The van der Waals surface area contributed by atoms with Gasteiger partial charge in [-0.3, -0.25) is 9.69 Å². The molecule has 2 heterocycles. The summed E-state index contributed by atoms with van der Waals surface area (Å²) in [7, 11) is 0. The molecule has 124 valence electrons. The van der Waals surface area contributed by atoms with E-state index in [1.54, 1.807) is 12.1 Å². The predicted molar refractivity (Wildman–Crippen MR) is 84.0 cm³/mol. The average molecular weight is 320 g/mol. The van der Waals surface area contributed by atoms with Crippen molar-refractivity contribution < 1.29 is 24.2 Å². The van der Waals surface area contributed by atoms with Gasteiger partial charge in [0.25, 0.3) is 5.91 Å². The normalized spacial score (nSPS) is 19.6. The number of hydrogen-bond acceptors (Lipinski definition) is 5. The molecule has 1 atom stereocenters. The molecule has 0 aromatic heterocycles. The van der Waals surface area contributed by atoms with E-state index in [2.05, 4.69) is 5.32 Å². The van der Waals surface area contributed by atoms with Gasteiger partial charge in [-0.25, -0.2) is 4.79 Å². The van der Waals surface area contributed by atoms with Gasteiger partial charge in [0, 0.05) is 12.1 Å². The van der Waals surface area contributed by atoms with Crippen LogP contribution in [0.2, 0.25) is 0 Å². The molecule has 7 nitrogen and oxygen atoms in total. The highest BCUT2D eigenvalue weighted by molar-refractivity contribution is 6.10. The molecule has 7 heteroatoms. The first-order valence-corrected chi connectivity index (χ1v) is 7.51. The summed E-state index contributed by atoms with van der Waals surface area (Å²) in [6.45, 7) is 6.98. The molecule has 0 saturated heterocycles. The molecule has 1 aromatic rings. The zero-order valence-corrected chi connectivity index (χ0v) is 13.5. The van der Waals surface area contributed by atoms with Crippen molar-refractivity contribution in [2.75, 3.05) is 17.0 Å². The van der Waals surface area contributed by atoms with E-state index in [4.69, 9.17) is 9.47 Å². The molecular weight excluding hydrogens is 300 g/mol. The second-order valence-corrected chi connectivity index (χ2v) is 6.63. The van der Waals surface area contributed by atoms with Crippen LogP contribution in [-0.2, 0) is 9.59 Å². The monoisotopic (exact) mass is 320 g/mol. The summed E-state index contributed by atoms with van der Waals surface area (Å²) in [6.07, 6.45) is 0. The summed E-state index contributed by atoms with van der Waals surface area (Å²) in [4.78, 5) is 26.0. The Bertz CT molecular complexity index is 683. The lowest BCUT2D eigenvalue weighted by atomic mass is 9.93. The molecule has 3 rings (SSSR count). The van der Waals surface area contributed by atoms with Crippen LogP contribution in [0.5, 0.6) is 11.5 Å². The van der Waals surface area contributed by atoms with E-state index in [-0.39, 0.29) is 18.6 Å². The highest BCUT2D eigenvalue weighted by atomic mass is 16.7. The molecule has 0 radical (unpaired) electrons. The molecular formula is C16H20N2O5. The molecule has 0 bridgehead atoms. The number of aliphatic carboxylic acids is 1. The number of ether oxygens (including phenoxy) is 2. The first kappa shape index (κ1) is 15.5. The van der Waals surface area contributed by atoms with Crippen LogP contribution in [0.1, 0.15) is 27.7 Å². The lowest BCUT2D eigenvalue weighted by Crippen LogP contribution is -2.60. The van der Waals surface area contributed by atoms with E-state index < -0.39 is 17.6 Å². The van der Waals surface area contributed by atoms with Crippen molar-refractivity contribution in [3.63, 3.8) is 0 Å². The van der Waals surface area contributed by atoms with Crippen LogP contribution in [0.4, 0.5) is 11.4 Å². The molecule has 0 fully saturated rings. The van der Waals surface area contributed by atoms with Gasteiger partial charge in [0.2, 0.25) is 6.79 Å². The van der Waals surface area contributed by atoms with E-state index in [1.807, 2.05) is 13.8 Å². The number of nitrogens with zero attached hydrogens (tertiary/aromatic N) is 1. The largest absolute Gasteiger partial charge is 0.480 e. The highest BCUT2D eigenvalue weighted by Crippen LogP contribution is 2.45. The number of nitrogens with one attached hydrogen (secondary N) is 1. The van der Waals surface area contributed by atoms with Gasteiger partial charge in [-0.15, -0.1) is 0 Å². The minimum atomic E-state index is -1.38. The summed E-state index contributed by atoms with van der Waals surface area (Å²) < 4.78 is 10.7. The zero-order valence-electron chi connectivity index (χ0n) is 13.5. The van der Waals surface area contributed by atoms with Crippen LogP contribution >= 0.6 is 0 Å². The molecule has 0 aliphatic carbocycles. The molecule has 2 aliphatic rings. The van der Waals surface area contributed by atoms with Gasteiger partial charge in [-0.1, -0.05) is 13.8 Å². The van der Waals surface area contributed by atoms with Crippen molar-refractivity contribution >= 4 is 23.3 Å². The van der Waals surface area contributed by atoms with Gasteiger partial charge in [-0.2, -0.15) is 0 Å². The summed E-state index contributed by atoms with van der Waals surface area (Å²) in [5, 5.41) is 12.8. The second kappa shape index (κ2) is 5.04. The summed E-state index contributed by atoms with van der Waals surface area (Å²) in [5.41, 5.74) is -0.222. The van der Waals surface area contributed by atoms with E-state index >= 15 is 0 Å². The second-order valence-electron chi connectivity index (χ2n) is 6.63. The third-order valence-electron chi connectivity index (χ3n) is 4.28. The average Bonchev–Trinajstić information content (AvgIpc) is 2.90. The number of carbonyl (C=O) groups is 2. The molecule has 2 N–H and O–H groups in total. The first-order valence-electron chi connectivity index (χ1n) is 7.51. The maximum atomic E-state index is 12.9. The third kappa shape index (κ3) is 2.27. The van der Waals surface area contributed by atoms with Crippen molar-refractivity contribution in [3.05, 3.63) is 12.1 Å². The minimum Gasteiger partial charge on any atom is -0.480 e. The quantitative estimate of drug-likeness (QED) is 0.886. The molecule has 1 amide bonds. The van der Waals surface area contributed by atoms with Gasteiger partial charge in [-0.05, 0) is 19.8 Å². The van der Waals surface area contributed by atoms with Gasteiger partial charge < -0.3 is 19.9 Å². The van der Waals surface area contributed by atoms with E-state index in [0.717, 1.165) is 0 Å². The van der Waals surface area contributed by atoms with Gasteiger partial charge in [0.15, 0.2) is 11.5 Å². The molecule has 0 saturated carbocycles. The standard InChI is InChI=1S/C16H20N2O5/c1-8(2)13-14(19)18(16(3,4)15(20)21)10-6-12-11(22-7-23-12)5-9(10)17-13/h5-6,8,13,17H,7H2,1-4H3,(H,20,21). The van der Waals surface area contributed by atoms with Gasteiger partial charge in [0.05, 0.1) is 11.4 Å². The molecule has 1 unspecified atom stereocenters. The Hall–Kier alpha value is -2.44. The van der Waals surface area contributed by atoms with Gasteiger partial charge >= 0.3 is 5.97 Å². The van der Waals surface area contributed by atoms with Crippen LogP contribution < -0.4 is 19.7 Å². The topological polar surface area (TPSA) is 88.1 Å². The van der Waals surface area contributed by atoms with Crippen LogP contribution in [-0.4, -0.2) is 35.4 Å². The number of fused-ring (bicyclic) bond motifs is 2. The molecule has 23 heavy (non-hydrogen) atoms. The maximum Gasteiger partial charge on any atom is 0.329 e. The van der Waals surface area contributed by atoms with Crippen molar-refractivity contribution in [1.82, 2.24) is 0 Å². The fourth-order valence-corrected chi connectivity index (χ4v) is 2.84. The Morgan fingerprint density at radius 3 is 2.52 bits per heavy atom.